The summed E-state index contributed by atoms with van der Waals surface area (Å²) in [7, 11) is 0. The van der Waals surface area contributed by atoms with Crippen molar-refractivity contribution in [1.29, 1.82) is 0 Å². The Morgan fingerprint density at radius 2 is 1.54 bits per heavy atom. The van der Waals surface area contributed by atoms with Crippen molar-refractivity contribution in [1.82, 2.24) is 9.88 Å². The summed E-state index contributed by atoms with van der Waals surface area (Å²) in [6.45, 7) is 0.608. The Bertz CT molecular complexity index is 1770. The number of carbonyl (C=O) groups is 2. The van der Waals surface area contributed by atoms with Gasteiger partial charge in [0.25, 0.3) is 11.8 Å². The monoisotopic (exact) mass is 505 g/mol. The lowest BCUT2D eigenvalue weighted by Crippen LogP contribution is -2.54. The number of nitrogens with one attached hydrogen (secondary N) is 1. The topological polar surface area (TPSA) is 54.3 Å². The SMILES string of the molecule is O=C1NC(=S)N(c2ccccc2F)C(=O)C1=Cc1cn(Cc2cccc3ccccc23)c2ccccc12. The summed E-state index contributed by atoms with van der Waals surface area (Å²) in [5.41, 5.74) is 2.69. The molecular formula is C30H20FN3O2S. The van der Waals surface area contributed by atoms with Gasteiger partial charge in [0, 0.05) is 29.2 Å². The van der Waals surface area contributed by atoms with E-state index in [9.17, 15) is 14.0 Å². The van der Waals surface area contributed by atoms with Crippen LogP contribution < -0.4 is 10.2 Å². The Balaban J connectivity index is 1.44. The van der Waals surface area contributed by atoms with Crippen molar-refractivity contribution >= 4 is 62.6 Å². The van der Waals surface area contributed by atoms with Gasteiger partial charge in [-0.25, -0.2) is 9.29 Å². The number of amides is 2. The van der Waals surface area contributed by atoms with Crippen LogP contribution >= 0.6 is 12.2 Å². The fraction of sp³-hybridized carbons (Fsp3) is 0.0333. The molecule has 1 N–H and O–H groups in total. The van der Waals surface area contributed by atoms with Crippen LogP contribution in [0.25, 0.3) is 27.8 Å². The van der Waals surface area contributed by atoms with Gasteiger partial charge >= 0.3 is 0 Å². The van der Waals surface area contributed by atoms with Crippen LogP contribution in [0.4, 0.5) is 10.1 Å². The maximum atomic E-state index is 14.5. The van der Waals surface area contributed by atoms with E-state index < -0.39 is 17.6 Å². The zero-order valence-electron chi connectivity index (χ0n) is 19.5. The van der Waals surface area contributed by atoms with Gasteiger partial charge < -0.3 is 4.57 Å². The minimum absolute atomic E-state index is 0.0122. The Labute approximate surface area is 217 Å². The number of rotatable bonds is 4. The minimum Gasteiger partial charge on any atom is -0.342 e. The molecule has 5 nitrogen and oxygen atoms in total. The number of benzene rings is 4. The predicted molar refractivity (Wildman–Crippen MR) is 148 cm³/mol. The largest absolute Gasteiger partial charge is 0.342 e. The van der Waals surface area contributed by atoms with Gasteiger partial charge in [-0.2, -0.15) is 0 Å². The number of fused-ring (bicyclic) bond motifs is 2. The number of hydrogen-bond donors (Lipinski definition) is 1. The van der Waals surface area contributed by atoms with E-state index in [1.54, 1.807) is 12.1 Å². The molecule has 7 heteroatoms. The zero-order valence-corrected chi connectivity index (χ0v) is 20.3. The highest BCUT2D eigenvalue weighted by molar-refractivity contribution is 7.80. The number of carbonyl (C=O) groups excluding carboxylic acids is 2. The van der Waals surface area contributed by atoms with E-state index >= 15 is 0 Å². The lowest BCUT2D eigenvalue weighted by Gasteiger charge is -2.29. The molecular weight excluding hydrogens is 485 g/mol. The molecule has 0 radical (unpaired) electrons. The number of anilines is 1. The van der Waals surface area contributed by atoms with Crippen LogP contribution in [0, 0.1) is 5.82 Å². The third kappa shape index (κ3) is 3.99. The smallest absolute Gasteiger partial charge is 0.270 e. The molecule has 1 aromatic heterocycles. The molecule has 4 aromatic carbocycles. The number of aromatic nitrogens is 1. The average molecular weight is 506 g/mol. The molecule has 0 unspecified atom stereocenters. The van der Waals surface area contributed by atoms with Gasteiger partial charge in [-0.05, 0) is 52.8 Å². The summed E-state index contributed by atoms with van der Waals surface area (Å²) in [6, 6.07) is 28.1. The number of halogens is 1. The van der Waals surface area contributed by atoms with Crippen LogP contribution in [0.2, 0.25) is 0 Å². The maximum absolute atomic E-state index is 14.5. The van der Waals surface area contributed by atoms with Crippen LogP contribution in [0.1, 0.15) is 11.1 Å². The highest BCUT2D eigenvalue weighted by Gasteiger charge is 2.35. The van der Waals surface area contributed by atoms with E-state index in [1.165, 1.54) is 23.6 Å². The first-order valence-corrected chi connectivity index (χ1v) is 12.1. The molecule has 0 atom stereocenters. The molecule has 180 valence electrons. The first kappa shape index (κ1) is 22.8. The van der Waals surface area contributed by atoms with Crippen molar-refractivity contribution in [3.8, 4) is 0 Å². The maximum Gasteiger partial charge on any atom is 0.270 e. The van der Waals surface area contributed by atoms with Gasteiger partial charge in [-0.1, -0.05) is 72.8 Å². The van der Waals surface area contributed by atoms with Crippen molar-refractivity contribution in [3.63, 3.8) is 0 Å². The van der Waals surface area contributed by atoms with Gasteiger partial charge in [0.2, 0.25) is 0 Å². The molecule has 2 amide bonds. The third-order valence-electron chi connectivity index (χ3n) is 6.53. The van der Waals surface area contributed by atoms with Crippen molar-refractivity contribution in [2.45, 2.75) is 6.54 Å². The summed E-state index contributed by atoms with van der Waals surface area (Å²) in [4.78, 5) is 27.3. The molecule has 2 heterocycles. The van der Waals surface area contributed by atoms with Crippen molar-refractivity contribution in [2.75, 3.05) is 4.90 Å². The summed E-state index contributed by atoms with van der Waals surface area (Å²) in [5.74, 6) is -1.90. The first-order valence-electron chi connectivity index (χ1n) is 11.7. The van der Waals surface area contributed by atoms with Gasteiger partial charge in [0.05, 0.1) is 5.69 Å². The number of thiocarbonyl (C=S) groups is 1. The molecule has 0 aliphatic carbocycles. The fourth-order valence-corrected chi connectivity index (χ4v) is 5.07. The molecule has 1 aliphatic heterocycles. The van der Waals surface area contributed by atoms with E-state index in [2.05, 4.69) is 34.1 Å². The molecule has 1 saturated heterocycles. The predicted octanol–water partition coefficient (Wildman–Crippen LogP) is 5.81. The van der Waals surface area contributed by atoms with E-state index in [0.29, 0.717) is 12.1 Å². The Morgan fingerprint density at radius 1 is 0.838 bits per heavy atom. The lowest BCUT2D eigenvalue weighted by atomic mass is 10.0. The van der Waals surface area contributed by atoms with Crippen molar-refractivity contribution < 1.29 is 14.0 Å². The van der Waals surface area contributed by atoms with Gasteiger partial charge in [0.1, 0.15) is 11.4 Å². The van der Waals surface area contributed by atoms with Crippen LogP contribution in [0.15, 0.2) is 103 Å². The van der Waals surface area contributed by atoms with Gasteiger partial charge in [0.15, 0.2) is 5.11 Å². The Morgan fingerprint density at radius 3 is 2.38 bits per heavy atom. The summed E-state index contributed by atoms with van der Waals surface area (Å²) >= 11 is 5.21. The van der Waals surface area contributed by atoms with Crippen LogP contribution in [0.3, 0.4) is 0 Å². The molecule has 6 rings (SSSR count). The second-order valence-electron chi connectivity index (χ2n) is 8.78. The van der Waals surface area contributed by atoms with E-state index in [-0.39, 0.29) is 16.4 Å². The number of para-hydroxylation sites is 2. The number of nitrogens with zero attached hydrogens (tertiary/aromatic N) is 2. The van der Waals surface area contributed by atoms with Crippen molar-refractivity contribution in [3.05, 3.63) is 120 Å². The van der Waals surface area contributed by atoms with Crippen LogP contribution in [-0.2, 0) is 16.1 Å². The molecule has 0 bridgehead atoms. The normalized spacial score (nSPS) is 15.1. The quantitative estimate of drug-likeness (QED) is 0.190. The summed E-state index contributed by atoms with van der Waals surface area (Å²) in [5, 5.41) is 5.58. The highest BCUT2D eigenvalue weighted by Crippen LogP contribution is 2.29. The standard InChI is InChI=1S/C30H20FN3O2S/c31-25-13-4-6-15-27(25)34-29(36)24(28(35)32-30(34)37)16-21-18-33(26-14-5-3-12-23(21)26)17-20-10-7-9-19-8-1-2-11-22(19)20/h1-16,18H,17H2,(H,32,35,37). The molecule has 0 saturated carbocycles. The number of hydrogen-bond acceptors (Lipinski definition) is 3. The molecule has 5 aromatic rings. The second kappa shape index (κ2) is 9.11. The average Bonchev–Trinajstić information content (AvgIpc) is 3.25. The molecule has 0 spiro atoms. The van der Waals surface area contributed by atoms with Gasteiger partial charge in [-0.15, -0.1) is 0 Å². The molecule has 37 heavy (non-hydrogen) atoms. The Kier molecular flexibility index (Phi) is 5.62. The Hall–Kier alpha value is -4.62. The zero-order chi connectivity index (χ0) is 25.5. The second-order valence-corrected chi connectivity index (χ2v) is 9.16. The molecule has 1 aliphatic rings. The highest BCUT2D eigenvalue weighted by atomic mass is 32.1. The minimum atomic E-state index is -0.676. The third-order valence-corrected chi connectivity index (χ3v) is 6.82. The summed E-state index contributed by atoms with van der Waals surface area (Å²) < 4.78 is 16.6. The summed E-state index contributed by atoms with van der Waals surface area (Å²) in [6.07, 6.45) is 3.48. The van der Waals surface area contributed by atoms with Crippen molar-refractivity contribution in [2.24, 2.45) is 0 Å². The van der Waals surface area contributed by atoms with E-state index in [4.69, 9.17) is 12.2 Å². The van der Waals surface area contributed by atoms with E-state index in [1.807, 2.05) is 48.7 Å². The van der Waals surface area contributed by atoms with E-state index in [0.717, 1.165) is 26.8 Å². The first-order chi connectivity index (χ1) is 18.0. The van der Waals surface area contributed by atoms with Crippen LogP contribution in [0.5, 0.6) is 0 Å². The van der Waals surface area contributed by atoms with Crippen LogP contribution in [-0.4, -0.2) is 21.5 Å². The van der Waals surface area contributed by atoms with Gasteiger partial charge in [-0.3, -0.25) is 14.9 Å². The lowest BCUT2D eigenvalue weighted by molar-refractivity contribution is -0.122. The molecule has 1 fully saturated rings. The fourth-order valence-electron chi connectivity index (χ4n) is 4.80.